The minimum absolute atomic E-state index is 0.300. The van der Waals surface area contributed by atoms with E-state index in [1.165, 1.54) is 0 Å². The molecule has 2 rings (SSSR count). The van der Waals surface area contributed by atoms with E-state index in [2.05, 4.69) is 26.0 Å². The number of halogens is 3. The van der Waals surface area contributed by atoms with Gasteiger partial charge in [0.15, 0.2) is 0 Å². The van der Waals surface area contributed by atoms with Gasteiger partial charge in [-0.1, -0.05) is 0 Å². The molecule has 1 aromatic carbocycles. The van der Waals surface area contributed by atoms with Crippen molar-refractivity contribution in [3.8, 4) is 0 Å². The van der Waals surface area contributed by atoms with Gasteiger partial charge in [0.2, 0.25) is 0 Å². The smallest absolute Gasteiger partial charge is 0.340 e. The Bertz CT molecular complexity index is 717. The van der Waals surface area contributed by atoms with Crippen LogP contribution in [0.25, 0.3) is 0 Å². The lowest BCUT2D eigenvalue weighted by atomic mass is 10.1. The highest BCUT2D eigenvalue weighted by atomic mass is 79.9. The summed E-state index contributed by atoms with van der Waals surface area (Å²) < 4.78 is 32.3. The van der Waals surface area contributed by atoms with Crippen LogP contribution in [0.4, 0.5) is 14.5 Å². The molecule has 4 nitrogen and oxygen atoms in total. The molecule has 0 radical (unpaired) electrons. The summed E-state index contributed by atoms with van der Waals surface area (Å²) in [5.74, 6) is -3.56. The lowest BCUT2D eigenvalue weighted by Gasteiger charge is -2.08. The van der Waals surface area contributed by atoms with Crippen LogP contribution in [0.5, 0.6) is 0 Å². The van der Waals surface area contributed by atoms with E-state index in [-0.39, 0.29) is 5.69 Å². The first-order chi connectivity index (χ1) is 9.92. The predicted octanol–water partition coefficient (Wildman–Crippen LogP) is 3.83. The molecule has 1 aromatic heterocycles. The van der Waals surface area contributed by atoms with E-state index in [0.717, 1.165) is 28.3 Å². The van der Waals surface area contributed by atoms with Crippen LogP contribution >= 0.6 is 27.3 Å². The van der Waals surface area contributed by atoms with Crippen molar-refractivity contribution in [1.29, 1.82) is 0 Å². The summed E-state index contributed by atoms with van der Waals surface area (Å²) >= 11 is 4.36. The molecule has 0 atom stereocenters. The number of rotatable bonds is 3. The van der Waals surface area contributed by atoms with Gasteiger partial charge in [-0.15, -0.1) is 11.3 Å². The van der Waals surface area contributed by atoms with Crippen molar-refractivity contribution >= 4 is 44.8 Å². The van der Waals surface area contributed by atoms with Crippen LogP contribution in [-0.4, -0.2) is 19.0 Å². The number of ether oxygens (including phenoxy) is 1. The van der Waals surface area contributed by atoms with Gasteiger partial charge >= 0.3 is 5.97 Å². The monoisotopic (exact) mass is 375 g/mol. The van der Waals surface area contributed by atoms with E-state index in [4.69, 9.17) is 0 Å². The maximum Gasteiger partial charge on any atom is 0.340 e. The number of amides is 1. The largest absolute Gasteiger partial charge is 0.465 e. The number of methoxy groups -OCH3 is 1. The summed E-state index contributed by atoms with van der Waals surface area (Å²) in [7, 11) is 1.08. The third kappa shape index (κ3) is 3.45. The SMILES string of the molecule is COC(=O)c1cc(NC(=O)c2ccc(Br)s2)c(F)cc1F. The van der Waals surface area contributed by atoms with Crippen molar-refractivity contribution in [2.75, 3.05) is 12.4 Å². The van der Waals surface area contributed by atoms with Crippen molar-refractivity contribution in [3.63, 3.8) is 0 Å². The molecule has 1 N–H and O–H groups in total. The van der Waals surface area contributed by atoms with Crippen LogP contribution < -0.4 is 5.32 Å². The average molecular weight is 376 g/mol. The van der Waals surface area contributed by atoms with Crippen LogP contribution in [0.1, 0.15) is 20.0 Å². The molecule has 1 heterocycles. The normalized spacial score (nSPS) is 10.3. The number of thiophene rings is 1. The lowest BCUT2D eigenvalue weighted by molar-refractivity contribution is 0.0595. The highest BCUT2D eigenvalue weighted by Gasteiger charge is 2.18. The Morgan fingerprint density at radius 1 is 1.24 bits per heavy atom. The molecule has 0 saturated carbocycles. The fourth-order valence-electron chi connectivity index (χ4n) is 1.53. The summed E-state index contributed by atoms with van der Waals surface area (Å²) in [6, 6.07) is 4.64. The zero-order chi connectivity index (χ0) is 15.6. The summed E-state index contributed by atoms with van der Waals surface area (Å²) in [4.78, 5) is 23.6. The number of hydrogen-bond acceptors (Lipinski definition) is 4. The van der Waals surface area contributed by atoms with Crippen LogP contribution in [0.15, 0.2) is 28.1 Å². The number of hydrogen-bond donors (Lipinski definition) is 1. The molecule has 0 spiro atoms. The van der Waals surface area contributed by atoms with Gasteiger partial charge in [-0.2, -0.15) is 0 Å². The first-order valence-electron chi connectivity index (χ1n) is 5.56. The summed E-state index contributed by atoms with van der Waals surface area (Å²) in [6.45, 7) is 0. The van der Waals surface area contributed by atoms with Crippen LogP contribution in [0.2, 0.25) is 0 Å². The van der Waals surface area contributed by atoms with Crippen molar-refractivity contribution in [2.24, 2.45) is 0 Å². The third-order valence-electron chi connectivity index (χ3n) is 2.51. The van der Waals surface area contributed by atoms with E-state index in [1.807, 2.05) is 0 Å². The summed E-state index contributed by atoms with van der Waals surface area (Å²) in [6.07, 6.45) is 0. The second-order valence-electron chi connectivity index (χ2n) is 3.86. The van der Waals surface area contributed by atoms with Gasteiger partial charge in [-0.3, -0.25) is 4.79 Å². The molecule has 8 heteroatoms. The van der Waals surface area contributed by atoms with Crippen LogP contribution in [-0.2, 0) is 4.74 Å². The van der Waals surface area contributed by atoms with E-state index in [1.54, 1.807) is 12.1 Å². The van der Waals surface area contributed by atoms with Crippen molar-refractivity contribution in [1.82, 2.24) is 0 Å². The summed E-state index contributed by atoms with van der Waals surface area (Å²) in [5.41, 5.74) is -0.757. The first kappa shape index (κ1) is 15.6. The minimum Gasteiger partial charge on any atom is -0.465 e. The molecular formula is C13H8BrF2NO3S. The third-order valence-corrected chi connectivity index (χ3v) is 4.13. The Balaban J connectivity index is 2.31. The quantitative estimate of drug-likeness (QED) is 0.829. The van der Waals surface area contributed by atoms with Crippen molar-refractivity contribution in [3.05, 3.63) is 50.1 Å². The zero-order valence-electron chi connectivity index (χ0n) is 10.6. The molecule has 0 aliphatic rings. The van der Waals surface area contributed by atoms with Gasteiger partial charge in [0.05, 0.1) is 27.0 Å². The number of carbonyl (C=O) groups excluding carboxylic acids is 2. The number of benzene rings is 1. The number of nitrogens with one attached hydrogen (secondary N) is 1. The van der Waals surface area contributed by atoms with Gasteiger partial charge in [0.25, 0.3) is 5.91 Å². The molecule has 110 valence electrons. The average Bonchev–Trinajstić information content (AvgIpc) is 2.87. The van der Waals surface area contributed by atoms with E-state index in [9.17, 15) is 18.4 Å². The molecule has 0 unspecified atom stereocenters. The highest BCUT2D eigenvalue weighted by Crippen LogP contribution is 2.25. The maximum atomic E-state index is 13.7. The van der Waals surface area contributed by atoms with Gasteiger partial charge in [0, 0.05) is 6.07 Å². The zero-order valence-corrected chi connectivity index (χ0v) is 13.0. The standard InChI is InChI=1S/C13H8BrF2NO3S/c1-20-13(19)6-4-9(8(16)5-7(6)15)17-12(18)10-2-3-11(14)21-10/h2-5H,1H3,(H,17,18). The van der Waals surface area contributed by atoms with E-state index < -0.39 is 29.1 Å². The highest BCUT2D eigenvalue weighted by molar-refractivity contribution is 9.11. The molecule has 0 saturated heterocycles. The summed E-state index contributed by atoms with van der Waals surface area (Å²) in [5, 5.41) is 2.29. The Morgan fingerprint density at radius 2 is 1.95 bits per heavy atom. The second kappa shape index (κ2) is 6.31. The molecular weight excluding hydrogens is 368 g/mol. The number of anilines is 1. The Morgan fingerprint density at radius 3 is 2.52 bits per heavy atom. The number of esters is 1. The Labute approximate surface area is 130 Å². The van der Waals surface area contributed by atoms with Gasteiger partial charge in [-0.05, 0) is 34.1 Å². The van der Waals surface area contributed by atoms with Crippen molar-refractivity contribution < 1.29 is 23.1 Å². The molecule has 0 aliphatic carbocycles. The van der Waals surface area contributed by atoms with E-state index in [0.29, 0.717) is 10.9 Å². The molecule has 1 amide bonds. The minimum atomic E-state index is -1.06. The molecule has 0 bridgehead atoms. The Hall–Kier alpha value is -1.80. The fraction of sp³-hybridized carbons (Fsp3) is 0.0769. The van der Waals surface area contributed by atoms with Crippen LogP contribution in [0, 0.1) is 11.6 Å². The van der Waals surface area contributed by atoms with Gasteiger partial charge in [0.1, 0.15) is 11.6 Å². The Kier molecular flexibility index (Phi) is 4.69. The number of carbonyl (C=O) groups is 2. The second-order valence-corrected chi connectivity index (χ2v) is 6.32. The molecule has 0 fully saturated rings. The van der Waals surface area contributed by atoms with Gasteiger partial charge < -0.3 is 10.1 Å². The molecule has 0 aliphatic heterocycles. The molecule has 2 aromatic rings. The topological polar surface area (TPSA) is 55.4 Å². The molecule has 21 heavy (non-hydrogen) atoms. The van der Waals surface area contributed by atoms with Gasteiger partial charge in [-0.25, -0.2) is 13.6 Å². The fourth-order valence-corrected chi connectivity index (χ4v) is 2.81. The lowest BCUT2D eigenvalue weighted by Crippen LogP contribution is -2.13. The van der Waals surface area contributed by atoms with E-state index >= 15 is 0 Å². The first-order valence-corrected chi connectivity index (χ1v) is 7.17. The van der Waals surface area contributed by atoms with Crippen molar-refractivity contribution in [2.45, 2.75) is 0 Å². The predicted molar refractivity (Wildman–Crippen MR) is 77.7 cm³/mol. The maximum absolute atomic E-state index is 13.7. The van der Waals surface area contributed by atoms with Crippen LogP contribution in [0.3, 0.4) is 0 Å².